The molecular formula is C12H26N2O2. The second-order valence-corrected chi connectivity index (χ2v) is 4.91. The van der Waals surface area contributed by atoms with E-state index in [1.165, 1.54) is 0 Å². The van der Waals surface area contributed by atoms with Crippen molar-refractivity contribution in [3.8, 4) is 0 Å². The maximum Gasteiger partial charge on any atom is 0.407 e. The summed E-state index contributed by atoms with van der Waals surface area (Å²) in [4.78, 5) is 11.4. The van der Waals surface area contributed by atoms with Crippen molar-refractivity contribution >= 4 is 6.09 Å². The van der Waals surface area contributed by atoms with E-state index in [-0.39, 0.29) is 11.7 Å². The maximum atomic E-state index is 11.4. The lowest BCUT2D eigenvalue weighted by Gasteiger charge is -2.23. The molecule has 96 valence electrons. The molecule has 0 aromatic carbocycles. The summed E-state index contributed by atoms with van der Waals surface area (Å²) in [6, 6.07) is 0. The number of alkyl carbamates (subject to hydrolysis) is 1. The number of rotatable bonds is 7. The molecule has 0 saturated carbocycles. The number of nitrogens with one attached hydrogen (secondary N) is 1. The fourth-order valence-corrected chi connectivity index (χ4v) is 1.12. The molecule has 0 fully saturated rings. The summed E-state index contributed by atoms with van der Waals surface area (Å²) in [6.07, 6.45) is 2.46. The number of carbonyl (C=O) groups excluding carboxylic acids is 1. The van der Waals surface area contributed by atoms with Crippen LogP contribution in [0.3, 0.4) is 0 Å². The molecule has 1 unspecified atom stereocenters. The first-order chi connectivity index (χ1) is 7.41. The quantitative estimate of drug-likeness (QED) is 0.659. The summed E-state index contributed by atoms with van der Waals surface area (Å²) in [6.45, 7) is 9.27. The van der Waals surface area contributed by atoms with Crippen molar-refractivity contribution in [3.63, 3.8) is 0 Å². The molecule has 0 aliphatic heterocycles. The van der Waals surface area contributed by atoms with E-state index in [0.717, 1.165) is 19.3 Å². The van der Waals surface area contributed by atoms with Gasteiger partial charge in [-0.3, -0.25) is 0 Å². The highest BCUT2D eigenvalue weighted by molar-refractivity contribution is 5.67. The van der Waals surface area contributed by atoms with E-state index < -0.39 is 0 Å². The third-order valence-corrected chi connectivity index (χ3v) is 2.77. The summed E-state index contributed by atoms with van der Waals surface area (Å²) in [5, 5.41) is 2.75. The van der Waals surface area contributed by atoms with Crippen molar-refractivity contribution < 1.29 is 9.53 Å². The van der Waals surface area contributed by atoms with Crippen molar-refractivity contribution in [1.29, 1.82) is 0 Å². The molecule has 16 heavy (non-hydrogen) atoms. The molecule has 0 saturated heterocycles. The minimum absolute atomic E-state index is 0.327. The van der Waals surface area contributed by atoms with Crippen LogP contribution in [0.4, 0.5) is 4.79 Å². The Balaban J connectivity index is 3.59. The molecule has 1 amide bonds. The van der Waals surface area contributed by atoms with Crippen LogP contribution in [0.25, 0.3) is 0 Å². The van der Waals surface area contributed by atoms with Crippen molar-refractivity contribution in [3.05, 3.63) is 0 Å². The zero-order valence-electron chi connectivity index (χ0n) is 11.0. The lowest BCUT2D eigenvalue weighted by atomic mass is 10.1. The third-order valence-electron chi connectivity index (χ3n) is 2.77. The minimum atomic E-state index is -0.380. The van der Waals surface area contributed by atoms with Gasteiger partial charge in [-0.15, -0.1) is 0 Å². The molecule has 1 atom stereocenters. The smallest absolute Gasteiger partial charge is 0.407 e. The van der Waals surface area contributed by atoms with Gasteiger partial charge >= 0.3 is 6.09 Å². The maximum absolute atomic E-state index is 11.4. The van der Waals surface area contributed by atoms with E-state index in [0.29, 0.717) is 19.0 Å². The SMILES string of the molecule is CCC(C)(C)OC(=O)NCCCC(C)CN. The van der Waals surface area contributed by atoms with Gasteiger partial charge in [-0.1, -0.05) is 13.8 Å². The largest absolute Gasteiger partial charge is 0.444 e. The predicted molar refractivity (Wildman–Crippen MR) is 66.3 cm³/mol. The average molecular weight is 230 g/mol. The van der Waals surface area contributed by atoms with E-state index >= 15 is 0 Å². The Hall–Kier alpha value is -0.770. The van der Waals surface area contributed by atoms with Crippen molar-refractivity contribution in [1.82, 2.24) is 5.32 Å². The lowest BCUT2D eigenvalue weighted by molar-refractivity contribution is 0.0362. The average Bonchev–Trinajstić information content (AvgIpc) is 2.23. The van der Waals surface area contributed by atoms with Gasteiger partial charge in [0.1, 0.15) is 5.60 Å². The second-order valence-electron chi connectivity index (χ2n) is 4.91. The van der Waals surface area contributed by atoms with Gasteiger partial charge in [0, 0.05) is 6.54 Å². The molecule has 0 heterocycles. The summed E-state index contributed by atoms with van der Waals surface area (Å²) in [7, 11) is 0. The van der Waals surface area contributed by atoms with Crippen LogP contribution >= 0.6 is 0 Å². The molecule has 0 aliphatic rings. The Morgan fingerprint density at radius 3 is 2.62 bits per heavy atom. The molecule has 0 radical (unpaired) electrons. The van der Waals surface area contributed by atoms with Crippen LogP contribution in [0.1, 0.15) is 47.0 Å². The van der Waals surface area contributed by atoms with Crippen LogP contribution in [-0.4, -0.2) is 24.8 Å². The first-order valence-electron chi connectivity index (χ1n) is 6.08. The predicted octanol–water partition coefficient (Wildman–Crippen LogP) is 2.28. The monoisotopic (exact) mass is 230 g/mol. The molecule has 0 aromatic heterocycles. The zero-order chi connectivity index (χ0) is 12.6. The van der Waals surface area contributed by atoms with Crippen LogP contribution in [-0.2, 0) is 4.74 Å². The molecule has 0 aliphatic carbocycles. The topological polar surface area (TPSA) is 64.3 Å². The van der Waals surface area contributed by atoms with Crippen LogP contribution in [0.2, 0.25) is 0 Å². The minimum Gasteiger partial charge on any atom is -0.444 e. The lowest BCUT2D eigenvalue weighted by Crippen LogP contribution is -2.34. The Kier molecular flexibility index (Phi) is 7.13. The highest BCUT2D eigenvalue weighted by Gasteiger charge is 2.19. The molecule has 0 rings (SSSR count). The summed E-state index contributed by atoms with van der Waals surface area (Å²) in [5.41, 5.74) is 5.12. The summed E-state index contributed by atoms with van der Waals surface area (Å²) < 4.78 is 5.25. The fourth-order valence-electron chi connectivity index (χ4n) is 1.12. The van der Waals surface area contributed by atoms with Crippen LogP contribution in [0, 0.1) is 5.92 Å². The molecule has 0 aromatic rings. The normalized spacial score (nSPS) is 13.3. The van der Waals surface area contributed by atoms with Gasteiger partial charge in [0.05, 0.1) is 0 Å². The highest BCUT2D eigenvalue weighted by atomic mass is 16.6. The number of hydrogen-bond acceptors (Lipinski definition) is 3. The van der Waals surface area contributed by atoms with Gasteiger partial charge in [-0.25, -0.2) is 4.79 Å². The molecular weight excluding hydrogens is 204 g/mol. The Morgan fingerprint density at radius 1 is 1.50 bits per heavy atom. The molecule has 0 bridgehead atoms. The van der Waals surface area contributed by atoms with Gasteiger partial charge < -0.3 is 15.8 Å². The molecule has 3 N–H and O–H groups in total. The van der Waals surface area contributed by atoms with Gasteiger partial charge in [-0.2, -0.15) is 0 Å². The molecule has 4 heteroatoms. The van der Waals surface area contributed by atoms with Crippen LogP contribution in [0.5, 0.6) is 0 Å². The number of ether oxygens (including phenoxy) is 1. The standard InChI is InChI=1S/C12H26N2O2/c1-5-12(3,4)16-11(15)14-8-6-7-10(2)9-13/h10H,5-9,13H2,1-4H3,(H,14,15). The Morgan fingerprint density at radius 2 is 2.12 bits per heavy atom. The Bertz CT molecular complexity index is 205. The van der Waals surface area contributed by atoms with Gasteiger partial charge in [-0.05, 0) is 45.6 Å². The number of amides is 1. The highest BCUT2D eigenvalue weighted by Crippen LogP contribution is 2.13. The van der Waals surface area contributed by atoms with Crippen molar-refractivity contribution in [2.45, 2.75) is 52.6 Å². The van der Waals surface area contributed by atoms with E-state index in [2.05, 4.69) is 12.2 Å². The van der Waals surface area contributed by atoms with Gasteiger partial charge in [0.25, 0.3) is 0 Å². The molecule has 0 spiro atoms. The van der Waals surface area contributed by atoms with Crippen molar-refractivity contribution in [2.75, 3.05) is 13.1 Å². The summed E-state index contributed by atoms with van der Waals surface area (Å²) in [5.74, 6) is 0.518. The number of nitrogens with two attached hydrogens (primary N) is 1. The van der Waals surface area contributed by atoms with Gasteiger partial charge in [0.15, 0.2) is 0 Å². The van der Waals surface area contributed by atoms with Gasteiger partial charge in [0.2, 0.25) is 0 Å². The van der Waals surface area contributed by atoms with Crippen LogP contribution < -0.4 is 11.1 Å². The summed E-state index contributed by atoms with van der Waals surface area (Å²) >= 11 is 0. The van der Waals surface area contributed by atoms with E-state index in [9.17, 15) is 4.79 Å². The van der Waals surface area contributed by atoms with Crippen molar-refractivity contribution in [2.24, 2.45) is 11.7 Å². The zero-order valence-corrected chi connectivity index (χ0v) is 11.0. The first kappa shape index (κ1) is 15.2. The second kappa shape index (κ2) is 7.49. The van der Waals surface area contributed by atoms with E-state index in [1.807, 2.05) is 20.8 Å². The molecule has 4 nitrogen and oxygen atoms in total. The Labute approximate surface area is 98.9 Å². The third kappa shape index (κ3) is 7.51. The number of hydrogen-bond donors (Lipinski definition) is 2. The van der Waals surface area contributed by atoms with E-state index in [4.69, 9.17) is 10.5 Å². The van der Waals surface area contributed by atoms with E-state index in [1.54, 1.807) is 0 Å². The fraction of sp³-hybridized carbons (Fsp3) is 0.917. The number of carbonyl (C=O) groups is 1. The first-order valence-corrected chi connectivity index (χ1v) is 6.08. The van der Waals surface area contributed by atoms with Crippen LogP contribution in [0.15, 0.2) is 0 Å².